The van der Waals surface area contributed by atoms with Crippen LogP contribution in [0, 0.1) is 5.92 Å². The van der Waals surface area contributed by atoms with Crippen LogP contribution >= 0.6 is 0 Å². The van der Waals surface area contributed by atoms with E-state index in [0.29, 0.717) is 12.3 Å². The fourth-order valence-corrected chi connectivity index (χ4v) is 4.89. The zero-order valence-corrected chi connectivity index (χ0v) is 17.2. The lowest BCUT2D eigenvalue weighted by Crippen LogP contribution is -2.35. The summed E-state index contributed by atoms with van der Waals surface area (Å²) in [6.45, 7) is 4.37. The zero-order chi connectivity index (χ0) is 20.1. The topological polar surface area (TPSA) is 43.8 Å². The molecule has 2 aromatic rings. The third kappa shape index (κ3) is 4.99. The molecule has 0 unspecified atom stereocenters. The molecule has 1 N–H and O–H groups in total. The molecule has 1 fully saturated rings. The zero-order valence-electron chi connectivity index (χ0n) is 17.2. The number of fused-ring (bicyclic) bond motifs is 2. The molecule has 154 valence electrons. The van der Waals surface area contributed by atoms with Gasteiger partial charge >= 0.3 is 5.97 Å². The Morgan fingerprint density at radius 1 is 0.897 bits per heavy atom. The Morgan fingerprint density at radius 2 is 1.48 bits per heavy atom. The molecule has 4 nitrogen and oxygen atoms in total. The van der Waals surface area contributed by atoms with Crippen LogP contribution in [0.4, 0.5) is 11.4 Å². The third-order valence-corrected chi connectivity index (χ3v) is 6.56. The van der Waals surface area contributed by atoms with E-state index < -0.39 is 5.97 Å². The number of benzene rings is 2. The highest BCUT2D eigenvalue weighted by Gasteiger charge is 2.22. The first-order chi connectivity index (χ1) is 14.2. The van der Waals surface area contributed by atoms with E-state index >= 15 is 0 Å². The molecule has 1 saturated heterocycles. The maximum absolute atomic E-state index is 10.8. The lowest BCUT2D eigenvalue weighted by molar-refractivity contribution is -0.137. The average molecular weight is 393 g/mol. The highest BCUT2D eigenvalue weighted by molar-refractivity contribution is 5.71. The molecule has 0 spiro atoms. The first kappa shape index (κ1) is 20.0. The summed E-state index contributed by atoms with van der Waals surface area (Å²) in [5.41, 5.74) is 5.63. The van der Waals surface area contributed by atoms with Gasteiger partial charge < -0.3 is 14.9 Å². The second-order valence-corrected chi connectivity index (χ2v) is 8.48. The smallest absolute Gasteiger partial charge is 0.303 e. The Labute approximate surface area is 174 Å². The van der Waals surface area contributed by atoms with Crippen LogP contribution in [0.25, 0.3) is 0 Å². The number of rotatable bonds is 7. The van der Waals surface area contributed by atoms with Crippen LogP contribution < -0.4 is 4.90 Å². The van der Waals surface area contributed by atoms with Gasteiger partial charge in [0, 0.05) is 24.3 Å². The largest absolute Gasteiger partial charge is 0.481 e. The molecule has 0 amide bonds. The number of piperidine rings is 1. The maximum atomic E-state index is 10.8. The molecular weight excluding hydrogens is 360 g/mol. The quantitative estimate of drug-likeness (QED) is 0.729. The van der Waals surface area contributed by atoms with Crippen molar-refractivity contribution in [1.82, 2.24) is 4.90 Å². The van der Waals surface area contributed by atoms with Gasteiger partial charge in [0.25, 0.3) is 0 Å². The van der Waals surface area contributed by atoms with E-state index in [9.17, 15) is 4.79 Å². The van der Waals surface area contributed by atoms with Crippen molar-refractivity contribution in [2.24, 2.45) is 5.92 Å². The van der Waals surface area contributed by atoms with Crippen LogP contribution in [0.15, 0.2) is 48.5 Å². The minimum atomic E-state index is -0.662. The molecule has 29 heavy (non-hydrogen) atoms. The second kappa shape index (κ2) is 9.45. The van der Waals surface area contributed by atoms with Gasteiger partial charge in [0.1, 0.15) is 0 Å². The maximum Gasteiger partial charge on any atom is 0.303 e. The van der Waals surface area contributed by atoms with Crippen LogP contribution in [0.5, 0.6) is 0 Å². The van der Waals surface area contributed by atoms with Crippen LogP contribution in [-0.4, -0.2) is 42.2 Å². The number of nitrogens with zero attached hydrogens (tertiary/aromatic N) is 2. The highest BCUT2D eigenvalue weighted by Crippen LogP contribution is 2.36. The van der Waals surface area contributed by atoms with E-state index in [2.05, 4.69) is 58.3 Å². The highest BCUT2D eigenvalue weighted by atomic mass is 16.4. The second-order valence-electron chi connectivity index (χ2n) is 8.48. The number of hydrogen-bond donors (Lipinski definition) is 1. The predicted molar refractivity (Wildman–Crippen MR) is 118 cm³/mol. The molecule has 0 aromatic heterocycles. The number of aliphatic carboxylic acids is 1. The molecule has 0 radical (unpaired) electrons. The number of carboxylic acids is 1. The first-order valence-corrected chi connectivity index (χ1v) is 11.1. The third-order valence-electron chi connectivity index (χ3n) is 6.56. The van der Waals surface area contributed by atoms with Crippen molar-refractivity contribution in [2.75, 3.05) is 31.1 Å². The lowest BCUT2D eigenvalue weighted by atomic mass is 9.92. The molecule has 4 heteroatoms. The Balaban J connectivity index is 1.35. The van der Waals surface area contributed by atoms with E-state index in [1.807, 2.05) is 0 Å². The van der Waals surface area contributed by atoms with Gasteiger partial charge in [-0.3, -0.25) is 4.79 Å². The standard InChI is InChI=1S/C25H32N2O2/c28-25(29)13-10-20-14-18-26(19-15-20)16-5-17-27-23-8-3-1-6-21(23)11-12-22-7-2-4-9-24(22)27/h1-4,6-9,20H,5,10-19H2,(H,28,29). The summed E-state index contributed by atoms with van der Waals surface area (Å²) in [5, 5.41) is 8.88. The number of likely N-dealkylation sites (tertiary alicyclic amines) is 1. The summed E-state index contributed by atoms with van der Waals surface area (Å²) in [7, 11) is 0. The molecule has 0 atom stereocenters. The normalized spacial score (nSPS) is 17.4. The van der Waals surface area contributed by atoms with Crippen LogP contribution in [-0.2, 0) is 17.6 Å². The molecule has 2 aliphatic heterocycles. The van der Waals surface area contributed by atoms with Crippen molar-refractivity contribution in [2.45, 2.75) is 44.9 Å². The van der Waals surface area contributed by atoms with Gasteiger partial charge in [-0.25, -0.2) is 0 Å². The minimum absolute atomic E-state index is 0.318. The van der Waals surface area contributed by atoms with Gasteiger partial charge in [-0.1, -0.05) is 36.4 Å². The van der Waals surface area contributed by atoms with Crippen molar-refractivity contribution in [3.05, 3.63) is 59.7 Å². The summed E-state index contributed by atoms with van der Waals surface area (Å²) >= 11 is 0. The van der Waals surface area contributed by atoms with Crippen molar-refractivity contribution in [1.29, 1.82) is 0 Å². The van der Waals surface area contributed by atoms with E-state index in [1.54, 1.807) is 0 Å². The monoisotopic (exact) mass is 392 g/mol. The van der Waals surface area contributed by atoms with Gasteiger partial charge in [-0.05, 0) is 87.3 Å². The minimum Gasteiger partial charge on any atom is -0.481 e. The summed E-state index contributed by atoms with van der Waals surface area (Å²) in [6, 6.07) is 17.7. The van der Waals surface area contributed by atoms with Gasteiger partial charge in [-0.2, -0.15) is 0 Å². The van der Waals surface area contributed by atoms with Crippen LogP contribution in [0.1, 0.15) is 43.2 Å². The lowest BCUT2D eigenvalue weighted by Gasteiger charge is -2.33. The molecule has 0 bridgehead atoms. The summed E-state index contributed by atoms with van der Waals surface area (Å²) in [6.07, 6.45) is 6.79. The molecule has 2 heterocycles. The number of anilines is 2. The van der Waals surface area contributed by atoms with E-state index in [-0.39, 0.29) is 0 Å². The van der Waals surface area contributed by atoms with Crippen molar-refractivity contribution < 1.29 is 9.90 Å². The number of para-hydroxylation sites is 2. The number of hydrogen-bond acceptors (Lipinski definition) is 3. The molecular formula is C25H32N2O2. The van der Waals surface area contributed by atoms with Crippen molar-refractivity contribution >= 4 is 17.3 Å². The molecule has 0 aliphatic carbocycles. The van der Waals surface area contributed by atoms with Crippen molar-refractivity contribution in [3.8, 4) is 0 Å². The fourth-order valence-electron chi connectivity index (χ4n) is 4.89. The number of carboxylic acid groups (broad SMARTS) is 1. The van der Waals surface area contributed by atoms with E-state index in [0.717, 1.165) is 64.7 Å². The van der Waals surface area contributed by atoms with Gasteiger partial charge in [0.2, 0.25) is 0 Å². The van der Waals surface area contributed by atoms with E-state index in [4.69, 9.17) is 5.11 Å². The Morgan fingerprint density at radius 3 is 2.07 bits per heavy atom. The Kier molecular flexibility index (Phi) is 6.50. The van der Waals surface area contributed by atoms with Gasteiger partial charge in [0.05, 0.1) is 0 Å². The SMILES string of the molecule is O=C(O)CCC1CCN(CCCN2c3ccccc3CCc3ccccc32)CC1. The van der Waals surface area contributed by atoms with E-state index in [1.165, 1.54) is 22.5 Å². The number of carbonyl (C=O) groups is 1. The molecule has 2 aromatic carbocycles. The molecule has 4 rings (SSSR count). The Hall–Kier alpha value is -2.33. The number of aryl methyl sites for hydroxylation is 2. The molecule has 2 aliphatic rings. The van der Waals surface area contributed by atoms with Crippen LogP contribution in [0.3, 0.4) is 0 Å². The predicted octanol–water partition coefficient (Wildman–Crippen LogP) is 4.89. The summed E-state index contributed by atoms with van der Waals surface area (Å²) in [4.78, 5) is 15.9. The summed E-state index contributed by atoms with van der Waals surface area (Å²) < 4.78 is 0. The average Bonchev–Trinajstić information content (AvgIpc) is 2.90. The summed E-state index contributed by atoms with van der Waals surface area (Å²) in [5.74, 6) is -0.0721. The first-order valence-electron chi connectivity index (χ1n) is 11.1. The van der Waals surface area contributed by atoms with Gasteiger partial charge in [0.15, 0.2) is 0 Å². The Bertz CT molecular complexity index is 780. The fraction of sp³-hybridized carbons (Fsp3) is 0.480. The van der Waals surface area contributed by atoms with Gasteiger partial charge in [-0.15, -0.1) is 0 Å². The van der Waals surface area contributed by atoms with Crippen molar-refractivity contribution in [3.63, 3.8) is 0 Å². The van der Waals surface area contributed by atoms with Crippen LogP contribution in [0.2, 0.25) is 0 Å². The molecule has 0 saturated carbocycles.